The Morgan fingerprint density at radius 3 is 2.56 bits per heavy atom. The molecular weight excluding hydrogens is 338 g/mol. The lowest BCUT2D eigenvalue weighted by atomic mass is 10.1. The highest BCUT2D eigenvalue weighted by molar-refractivity contribution is 5.94. The number of nitrogens with zero attached hydrogens (tertiary/aromatic N) is 2. The van der Waals surface area contributed by atoms with Crippen LogP contribution in [0.25, 0.3) is 16.8 Å². The van der Waals surface area contributed by atoms with Crippen LogP contribution in [0.1, 0.15) is 31.2 Å². The molecule has 0 aliphatic heterocycles. The molecule has 4 aromatic rings. The van der Waals surface area contributed by atoms with Gasteiger partial charge in [-0.2, -0.15) is 0 Å². The maximum absolute atomic E-state index is 12.4. The molecule has 4 rings (SSSR count). The Morgan fingerprint density at radius 1 is 1.11 bits per heavy atom. The molecular formula is C22H21N3O2. The molecule has 0 atom stereocenters. The number of fused-ring (bicyclic) bond motifs is 1. The van der Waals surface area contributed by atoms with Crippen molar-refractivity contribution in [2.45, 2.75) is 26.2 Å². The molecule has 5 heteroatoms. The maximum Gasteiger partial charge on any atom is 0.228 e. The number of oxazole rings is 1. The summed E-state index contributed by atoms with van der Waals surface area (Å²) in [4.78, 5) is 16.9. The van der Waals surface area contributed by atoms with Crippen LogP contribution in [-0.2, 0) is 11.2 Å². The number of benzene rings is 2. The van der Waals surface area contributed by atoms with Crippen LogP contribution in [0, 0.1) is 0 Å². The van der Waals surface area contributed by atoms with Crippen molar-refractivity contribution < 1.29 is 9.21 Å². The topological polar surface area (TPSA) is 60.1 Å². The van der Waals surface area contributed by atoms with E-state index >= 15 is 0 Å². The number of carbonyl (C=O) groups excluding carboxylic acids is 1. The van der Waals surface area contributed by atoms with Crippen molar-refractivity contribution in [1.82, 2.24) is 9.55 Å². The van der Waals surface area contributed by atoms with Gasteiger partial charge in [0.15, 0.2) is 11.5 Å². The van der Waals surface area contributed by atoms with Gasteiger partial charge >= 0.3 is 0 Å². The van der Waals surface area contributed by atoms with Crippen LogP contribution in [0.5, 0.6) is 0 Å². The summed E-state index contributed by atoms with van der Waals surface area (Å²) >= 11 is 0. The van der Waals surface area contributed by atoms with E-state index in [1.807, 2.05) is 85.4 Å². The van der Waals surface area contributed by atoms with Crippen LogP contribution in [0.4, 0.5) is 5.69 Å². The number of hydrogen-bond acceptors (Lipinski definition) is 3. The number of hydrogen-bond donors (Lipinski definition) is 1. The van der Waals surface area contributed by atoms with Crippen LogP contribution in [0.15, 0.2) is 71.4 Å². The van der Waals surface area contributed by atoms with Crippen molar-refractivity contribution in [3.63, 3.8) is 0 Å². The van der Waals surface area contributed by atoms with Gasteiger partial charge in [-0.05, 0) is 48.0 Å². The van der Waals surface area contributed by atoms with E-state index in [1.165, 1.54) is 0 Å². The zero-order valence-corrected chi connectivity index (χ0v) is 15.3. The van der Waals surface area contributed by atoms with Crippen molar-refractivity contribution in [1.29, 1.82) is 0 Å². The molecule has 0 saturated heterocycles. The highest BCUT2D eigenvalue weighted by Gasteiger charge is 2.11. The van der Waals surface area contributed by atoms with Gasteiger partial charge < -0.3 is 14.3 Å². The Morgan fingerprint density at radius 2 is 1.85 bits per heavy atom. The third-order valence-corrected chi connectivity index (χ3v) is 4.39. The second-order valence-corrected chi connectivity index (χ2v) is 6.87. The molecule has 1 N–H and O–H groups in total. The summed E-state index contributed by atoms with van der Waals surface area (Å²) in [6.07, 6.45) is 4.30. The second kappa shape index (κ2) is 7.11. The molecule has 2 aromatic heterocycles. The second-order valence-electron chi connectivity index (χ2n) is 6.87. The van der Waals surface area contributed by atoms with E-state index in [4.69, 9.17) is 4.42 Å². The minimum absolute atomic E-state index is 0.0596. The van der Waals surface area contributed by atoms with Gasteiger partial charge in [-0.1, -0.05) is 26.0 Å². The lowest BCUT2D eigenvalue weighted by Gasteiger charge is -2.07. The fourth-order valence-electron chi connectivity index (χ4n) is 2.95. The van der Waals surface area contributed by atoms with Crippen molar-refractivity contribution in [2.75, 3.05) is 5.32 Å². The zero-order chi connectivity index (χ0) is 18.8. The molecule has 2 aromatic carbocycles. The molecule has 0 unspecified atom stereocenters. The normalized spacial score (nSPS) is 11.2. The summed E-state index contributed by atoms with van der Waals surface area (Å²) in [5.41, 5.74) is 4.25. The van der Waals surface area contributed by atoms with Crippen LogP contribution < -0.4 is 5.32 Å². The summed E-state index contributed by atoms with van der Waals surface area (Å²) in [6.45, 7) is 4.07. The summed E-state index contributed by atoms with van der Waals surface area (Å²) in [5, 5.41) is 2.94. The molecule has 0 spiro atoms. The third kappa shape index (κ3) is 3.77. The fourth-order valence-corrected chi connectivity index (χ4v) is 2.95. The molecule has 0 bridgehead atoms. The van der Waals surface area contributed by atoms with Crippen molar-refractivity contribution in [3.8, 4) is 5.69 Å². The summed E-state index contributed by atoms with van der Waals surface area (Å²) in [7, 11) is 0. The lowest BCUT2D eigenvalue weighted by molar-refractivity contribution is -0.115. The number of rotatable bonds is 5. The Labute approximate surface area is 157 Å². The van der Waals surface area contributed by atoms with Gasteiger partial charge in [0.05, 0.1) is 6.42 Å². The Hall–Kier alpha value is -3.34. The smallest absolute Gasteiger partial charge is 0.228 e. The first kappa shape index (κ1) is 17.1. The first-order chi connectivity index (χ1) is 13.1. The first-order valence-electron chi connectivity index (χ1n) is 9.01. The van der Waals surface area contributed by atoms with Crippen molar-refractivity contribution in [2.24, 2.45) is 0 Å². The molecule has 0 aliphatic rings. The van der Waals surface area contributed by atoms with Crippen molar-refractivity contribution in [3.05, 3.63) is 78.4 Å². The molecule has 2 heterocycles. The number of carbonyl (C=O) groups is 1. The molecule has 27 heavy (non-hydrogen) atoms. The lowest BCUT2D eigenvalue weighted by Crippen LogP contribution is -2.14. The van der Waals surface area contributed by atoms with Crippen LogP contribution >= 0.6 is 0 Å². The van der Waals surface area contributed by atoms with E-state index < -0.39 is 0 Å². The summed E-state index contributed by atoms with van der Waals surface area (Å²) in [6, 6.07) is 17.5. The third-order valence-electron chi connectivity index (χ3n) is 4.39. The van der Waals surface area contributed by atoms with Gasteiger partial charge in [0.1, 0.15) is 5.52 Å². The minimum Gasteiger partial charge on any atom is -0.440 e. The van der Waals surface area contributed by atoms with Gasteiger partial charge in [-0.3, -0.25) is 4.79 Å². The van der Waals surface area contributed by atoms with Crippen LogP contribution in [-0.4, -0.2) is 15.5 Å². The molecule has 0 fully saturated rings. The van der Waals surface area contributed by atoms with Gasteiger partial charge in [0.25, 0.3) is 0 Å². The molecule has 0 radical (unpaired) electrons. The maximum atomic E-state index is 12.4. The minimum atomic E-state index is -0.0596. The highest BCUT2D eigenvalue weighted by Crippen LogP contribution is 2.24. The van der Waals surface area contributed by atoms with Gasteiger partial charge in [0.2, 0.25) is 5.91 Å². The predicted octanol–water partition coefficient (Wildman–Crippen LogP) is 4.92. The van der Waals surface area contributed by atoms with Crippen LogP contribution in [0.3, 0.4) is 0 Å². The highest BCUT2D eigenvalue weighted by atomic mass is 16.3. The fraction of sp³-hybridized carbons (Fsp3) is 0.182. The molecule has 5 nitrogen and oxygen atoms in total. The SMILES string of the molecule is CC(C)c1nc2cc(NC(=O)Cc3ccc(-n4cccc4)cc3)ccc2o1. The summed E-state index contributed by atoms with van der Waals surface area (Å²) in [5.74, 6) is 0.872. The Balaban J connectivity index is 1.43. The van der Waals surface area contributed by atoms with Crippen LogP contribution in [0.2, 0.25) is 0 Å². The van der Waals surface area contributed by atoms with Gasteiger partial charge in [-0.25, -0.2) is 4.98 Å². The van der Waals surface area contributed by atoms with E-state index in [-0.39, 0.29) is 11.8 Å². The molecule has 136 valence electrons. The number of nitrogens with one attached hydrogen (secondary N) is 1. The monoisotopic (exact) mass is 359 g/mol. The molecule has 0 aliphatic carbocycles. The predicted molar refractivity (Wildman–Crippen MR) is 106 cm³/mol. The Bertz CT molecular complexity index is 1060. The molecule has 1 amide bonds. The van der Waals surface area contributed by atoms with Crippen molar-refractivity contribution >= 4 is 22.7 Å². The average molecular weight is 359 g/mol. The standard InChI is InChI=1S/C22H21N3O2/c1-15(2)22-24-19-14-17(7-10-20(19)27-22)23-21(26)13-16-5-8-18(9-6-16)25-11-3-4-12-25/h3-12,14-15H,13H2,1-2H3,(H,23,26). The largest absolute Gasteiger partial charge is 0.440 e. The average Bonchev–Trinajstić information content (AvgIpc) is 3.31. The van der Waals surface area contributed by atoms with E-state index in [0.29, 0.717) is 12.3 Å². The number of anilines is 1. The Kier molecular flexibility index (Phi) is 4.50. The zero-order valence-electron chi connectivity index (χ0n) is 15.3. The first-order valence-corrected chi connectivity index (χ1v) is 9.01. The van der Waals surface area contributed by atoms with E-state index in [9.17, 15) is 4.79 Å². The number of aromatic nitrogens is 2. The van der Waals surface area contributed by atoms with E-state index in [2.05, 4.69) is 10.3 Å². The number of amides is 1. The van der Waals surface area contributed by atoms with Gasteiger partial charge in [-0.15, -0.1) is 0 Å². The molecule has 0 saturated carbocycles. The quantitative estimate of drug-likeness (QED) is 0.550. The summed E-state index contributed by atoms with van der Waals surface area (Å²) < 4.78 is 7.73. The van der Waals surface area contributed by atoms with Gasteiger partial charge in [0, 0.05) is 29.7 Å². The van der Waals surface area contributed by atoms with E-state index in [0.717, 1.165) is 28.0 Å². The van der Waals surface area contributed by atoms with E-state index in [1.54, 1.807) is 0 Å².